The van der Waals surface area contributed by atoms with Crippen molar-refractivity contribution in [1.29, 1.82) is 0 Å². The van der Waals surface area contributed by atoms with Crippen LogP contribution in [0.3, 0.4) is 0 Å². The minimum atomic E-state index is -0.362. The van der Waals surface area contributed by atoms with Crippen molar-refractivity contribution in [2.24, 2.45) is 5.41 Å². The van der Waals surface area contributed by atoms with E-state index in [1.165, 1.54) is 10.4 Å². The van der Waals surface area contributed by atoms with E-state index in [4.69, 9.17) is 21.7 Å². The number of ketones is 1. The molecular formula is C23H28O3S2. The Hall–Kier alpha value is -1.40. The summed E-state index contributed by atoms with van der Waals surface area (Å²) in [6.45, 7) is 7.26. The number of ether oxygens (including phenoxy) is 2. The molecule has 1 aliphatic rings. The number of hydrogen-bond acceptors (Lipinski definition) is 5. The van der Waals surface area contributed by atoms with E-state index in [1.54, 1.807) is 18.4 Å². The van der Waals surface area contributed by atoms with E-state index in [0.29, 0.717) is 11.3 Å². The minimum Gasteiger partial charge on any atom is -0.381 e. The number of hydrogen-bond donors (Lipinski definition) is 0. The summed E-state index contributed by atoms with van der Waals surface area (Å²) < 4.78 is 11.4. The van der Waals surface area contributed by atoms with Gasteiger partial charge < -0.3 is 9.47 Å². The first-order valence-corrected chi connectivity index (χ1v) is 10.9. The first kappa shape index (κ1) is 21.3. The molecule has 0 atom stereocenters. The van der Waals surface area contributed by atoms with Crippen molar-refractivity contribution in [2.45, 2.75) is 45.6 Å². The molecule has 0 aliphatic carbocycles. The monoisotopic (exact) mass is 416 g/mol. The van der Waals surface area contributed by atoms with Gasteiger partial charge in [-0.25, -0.2) is 0 Å². The van der Waals surface area contributed by atoms with E-state index in [1.807, 2.05) is 32.9 Å². The zero-order valence-corrected chi connectivity index (χ0v) is 18.7. The van der Waals surface area contributed by atoms with E-state index >= 15 is 0 Å². The number of methoxy groups -OCH3 is 1. The summed E-state index contributed by atoms with van der Waals surface area (Å²) in [5, 5.41) is 2.20. The number of carbonyl (C=O) groups is 1. The highest BCUT2D eigenvalue weighted by molar-refractivity contribution is 7.80. The normalized spacial score (nSPS) is 16.7. The number of benzene rings is 1. The molecule has 1 fully saturated rings. The lowest BCUT2D eigenvalue weighted by molar-refractivity contribution is -0.124. The molecular weight excluding hydrogens is 388 g/mol. The highest BCUT2D eigenvalue weighted by Gasteiger charge is 2.35. The molecule has 3 nitrogen and oxygen atoms in total. The Bertz CT molecular complexity index is 837. The summed E-state index contributed by atoms with van der Waals surface area (Å²) in [6, 6.07) is 10.4. The van der Waals surface area contributed by atoms with Gasteiger partial charge in [-0.3, -0.25) is 4.79 Å². The number of thiocarbonyl (C=S) groups is 1. The number of carbonyl (C=O) groups excluding carboxylic acids is 1. The second-order valence-electron chi connectivity index (χ2n) is 8.36. The van der Waals surface area contributed by atoms with Crippen molar-refractivity contribution >= 4 is 34.2 Å². The van der Waals surface area contributed by atoms with Crippen molar-refractivity contribution in [3.63, 3.8) is 0 Å². The molecule has 0 unspecified atom stereocenters. The van der Waals surface area contributed by atoms with Crippen molar-refractivity contribution < 1.29 is 14.3 Å². The third-order valence-electron chi connectivity index (χ3n) is 5.47. The fourth-order valence-electron chi connectivity index (χ4n) is 3.37. The van der Waals surface area contributed by atoms with Crippen LogP contribution in [0.25, 0.3) is 10.4 Å². The van der Waals surface area contributed by atoms with Crippen molar-refractivity contribution in [3.05, 3.63) is 46.8 Å². The summed E-state index contributed by atoms with van der Waals surface area (Å²) >= 11 is 7.23. The van der Waals surface area contributed by atoms with E-state index in [2.05, 4.69) is 23.6 Å². The first-order valence-electron chi connectivity index (χ1n) is 9.64. The van der Waals surface area contributed by atoms with Crippen LogP contribution < -0.4 is 0 Å². The molecule has 150 valence electrons. The molecule has 1 saturated heterocycles. The average Bonchev–Trinajstić information content (AvgIpc) is 3.18. The van der Waals surface area contributed by atoms with Crippen LogP contribution in [0.5, 0.6) is 0 Å². The predicted molar refractivity (Wildman–Crippen MR) is 119 cm³/mol. The maximum atomic E-state index is 12.2. The Morgan fingerprint density at radius 1 is 1.21 bits per heavy atom. The van der Waals surface area contributed by atoms with Crippen LogP contribution in [0.15, 0.2) is 35.7 Å². The first-order chi connectivity index (χ1) is 13.2. The van der Waals surface area contributed by atoms with Gasteiger partial charge in [0.05, 0.1) is 5.60 Å². The standard InChI is InChI=1S/C23H28O3S2/c1-22(2,3)21(24)14-19(27)16-5-7-17(8-6-16)20-13-18(15-28-20)23(25-4)9-11-26-12-10-23/h5-8,13,15H,9-12,14H2,1-4H3. The van der Waals surface area contributed by atoms with Gasteiger partial charge in [-0.15, -0.1) is 11.3 Å². The van der Waals surface area contributed by atoms with Crippen molar-refractivity contribution in [2.75, 3.05) is 20.3 Å². The Kier molecular flexibility index (Phi) is 6.50. The predicted octanol–water partition coefficient (Wildman–Crippen LogP) is 5.79. The lowest BCUT2D eigenvalue weighted by Crippen LogP contribution is -2.35. The highest BCUT2D eigenvalue weighted by atomic mass is 32.1. The van der Waals surface area contributed by atoms with Crippen LogP contribution in [0.4, 0.5) is 0 Å². The third-order valence-corrected chi connectivity index (χ3v) is 6.83. The summed E-state index contributed by atoms with van der Waals surface area (Å²) in [4.78, 5) is 14.2. The average molecular weight is 417 g/mol. The fourth-order valence-corrected chi connectivity index (χ4v) is 4.64. The van der Waals surface area contributed by atoms with Crippen molar-refractivity contribution in [3.8, 4) is 10.4 Å². The molecule has 0 amide bonds. The molecule has 3 rings (SSSR count). The van der Waals surface area contributed by atoms with Gasteiger partial charge >= 0.3 is 0 Å². The topological polar surface area (TPSA) is 35.5 Å². The molecule has 0 bridgehead atoms. The van der Waals surface area contributed by atoms with Crippen LogP contribution in [0.2, 0.25) is 0 Å². The molecule has 0 N–H and O–H groups in total. The van der Waals surface area contributed by atoms with E-state index in [9.17, 15) is 4.79 Å². The van der Waals surface area contributed by atoms with Crippen LogP contribution in [-0.2, 0) is 19.9 Å². The largest absolute Gasteiger partial charge is 0.381 e. The molecule has 1 aromatic heterocycles. The molecule has 0 saturated carbocycles. The van der Waals surface area contributed by atoms with Gasteiger partial charge in [0, 0.05) is 54.7 Å². The van der Waals surface area contributed by atoms with E-state index in [-0.39, 0.29) is 16.8 Å². The molecule has 1 aromatic carbocycles. The molecule has 0 spiro atoms. The number of Topliss-reactive ketones (excluding diaryl/α,β-unsaturated/α-hetero) is 1. The van der Waals surface area contributed by atoms with Gasteiger partial charge in [-0.1, -0.05) is 57.3 Å². The minimum absolute atomic E-state index is 0.172. The van der Waals surface area contributed by atoms with Crippen LogP contribution in [0.1, 0.15) is 51.2 Å². The Balaban J connectivity index is 1.75. The molecule has 2 aromatic rings. The van der Waals surface area contributed by atoms with E-state index in [0.717, 1.165) is 37.2 Å². The van der Waals surface area contributed by atoms with Gasteiger partial charge in [0.2, 0.25) is 0 Å². The maximum absolute atomic E-state index is 12.2. The second kappa shape index (κ2) is 8.54. The lowest BCUT2D eigenvalue weighted by Gasteiger charge is -2.35. The Morgan fingerprint density at radius 3 is 2.43 bits per heavy atom. The molecule has 5 heteroatoms. The van der Waals surface area contributed by atoms with Gasteiger partial charge in [0.25, 0.3) is 0 Å². The van der Waals surface area contributed by atoms with Crippen molar-refractivity contribution in [1.82, 2.24) is 0 Å². The second-order valence-corrected chi connectivity index (χ2v) is 9.76. The summed E-state index contributed by atoms with van der Waals surface area (Å²) in [5.41, 5.74) is 2.74. The molecule has 28 heavy (non-hydrogen) atoms. The van der Waals surface area contributed by atoms with Gasteiger partial charge in [0.1, 0.15) is 5.78 Å². The van der Waals surface area contributed by atoms with Crippen LogP contribution >= 0.6 is 23.6 Å². The van der Waals surface area contributed by atoms with Gasteiger partial charge in [-0.2, -0.15) is 0 Å². The maximum Gasteiger partial charge on any atom is 0.143 e. The number of rotatable bonds is 6. The smallest absolute Gasteiger partial charge is 0.143 e. The SMILES string of the molecule is COC1(c2csc(-c3ccc(C(=S)CC(=O)C(C)(C)C)cc3)c2)CCOCC1. The van der Waals surface area contributed by atoms with Crippen LogP contribution in [-0.4, -0.2) is 31.0 Å². The van der Waals surface area contributed by atoms with E-state index < -0.39 is 0 Å². The van der Waals surface area contributed by atoms with Crippen LogP contribution in [0, 0.1) is 5.41 Å². The van der Waals surface area contributed by atoms with Gasteiger partial charge in [-0.05, 0) is 28.1 Å². The third kappa shape index (κ3) is 4.60. The molecule has 2 heterocycles. The zero-order chi connectivity index (χ0) is 20.4. The molecule has 0 radical (unpaired) electrons. The number of thiophene rings is 1. The molecule has 1 aliphatic heterocycles. The summed E-state index contributed by atoms with van der Waals surface area (Å²) in [5.74, 6) is 0.172. The zero-order valence-electron chi connectivity index (χ0n) is 17.0. The Morgan fingerprint density at radius 2 is 1.86 bits per heavy atom. The lowest BCUT2D eigenvalue weighted by atomic mass is 9.87. The highest BCUT2D eigenvalue weighted by Crippen LogP contribution is 2.40. The quantitative estimate of drug-likeness (QED) is 0.441. The van der Waals surface area contributed by atoms with Gasteiger partial charge in [0.15, 0.2) is 0 Å². The fraction of sp³-hybridized carbons (Fsp3) is 0.478. The summed E-state index contributed by atoms with van der Waals surface area (Å²) in [7, 11) is 1.79. The summed E-state index contributed by atoms with van der Waals surface area (Å²) in [6.07, 6.45) is 2.09. The Labute approximate surface area is 177 Å².